The minimum atomic E-state index is 0.350. The Kier molecular flexibility index (Phi) is 6.32. The van der Waals surface area contributed by atoms with Crippen LogP contribution >= 0.6 is 0 Å². The molecule has 1 aliphatic rings. The van der Waals surface area contributed by atoms with Crippen molar-refractivity contribution in [1.29, 1.82) is 0 Å². The quantitative estimate of drug-likeness (QED) is 0.340. The van der Waals surface area contributed by atoms with E-state index in [4.69, 9.17) is 15.8 Å². The van der Waals surface area contributed by atoms with Gasteiger partial charge in [0.05, 0.1) is 17.1 Å². The van der Waals surface area contributed by atoms with Crippen LogP contribution in [0.3, 0.4) is 0 Å². The lowest BCUT2D eigenvalue weighted by molar-refractivity contribution is 0.410. The predicted molar refractivity (Wildman–Crippen MR) is 129 cm³/mol. The Balaban J connectivity index is 1.65. The van der Waals surface area contributed by atoms with Crippen LogP contribution < -0.4 is 11.1 Å². The Bertz CT molecular complexity index is 1170. The van der Waals surface area contributed by atoms with E-state index in [1.165, 1.54) is 5.56 Å². The maximum Gasteiger partial charge on any atom is 0.251 e. The maximum atomic E-state index is 6.08. The number of aryl methyl sites for hydroxylation is 4. The molecule has 32 heavy (non-hydrogen) atoms. The van der Waals surface area contributed by atoms with Gasteiger partial charge in [-0.05, 0) is 51.6 Å². The van der Waals surface area contributed by atoms with Crippen LogP contribution in [0.2, 0.25) is 0 Å². The molecule has 0 unspecified atom stereocenters. The van der Waals surface area contributed by atoms with Crippen LogP contribution in [0, 0.1) is 6.92 Å². The third-order valence-electron chi connectivity index (χ3n) is 5.44. The molecule has 0 amide bonds. The smallest absolute Gasteiger partial charge is 0.251 e. The van der Waals surface area contributed by atoms with E-state index >= 15 is 0 Å². The third-order valence-corrected chi connectivity index (χ3v) is 5.44. The molecule has 0 fully saturated rings. The molecule has 0 bridgehead atoms. The van der Waals surface area contributed by atoms with Crippen LogP contribution in [0.5, 0.6) is 0 Å². The van der Waals surface area contributed by atoms with Crippen molar-refractivity contribution in [3.05, 3.63) is 59.6 Å². The predicted octanol–water partition coefficient (Wildman–Crippen LogP) is 2.60. The Morgan fingerprint density at radius 3 is 2.94 bits per heavy atom. The molecule has 4 rings (SSSR count). The molecular weight excluding hydrogens is 400 g/mol. The van der Waals surface area contributed by atoms with Gasteiger partial charge >= 0.3 is 0 Å². The highest BCUT2D eigenvalue weighted by Crippen LogP contribution is 2.39. The van der Waals surface area contributed by atoms with Crippen LogP contribution in [0.4, 0.5) is 5.95 Å². The topological polar surface area (TPSA) is 97.2 Å². The van der Waals surface area contributed by atoms with Crippen molar-refractivity contribution in [2.75, 3.05) is 27.2 Å². The first-order valence-electron chi connectivity index (χ1n) is 10.8. The molecule has 0 radical (unpaired) electrons. The first-order valence-corrected chi connectivity index (χ1v) is 10.8. The first-order chi connectivity index (χ1) is 15.4. The van der Waals surface area contributed by atoms with Gasteiger partial charge < -0.3 is 16.0 Å². The van der Waals surface area contributed by atoms with Crippen LogP contribution in [0.25, 0.3) is 22.5 Å². The summed E-state index contributed by atoms with van der Waals surface area (Å²) in [6, 6.07) is 8.47. The molecule has 3 aromatic rings. The summed E-state index contributed by atoms with van der Waals surface area (Å²) < 4.78 is 1.95. The molecule has 3 N–H and O–H groups in total. The minimum absolute atomic E-state index is 0.350. The normalized spacial score (nSPS) is 13.5. The average Bonchev–Trinajstić information content (AvgIpc) is 3.09. The van der Waals surface area contributed by atoms with Gasteiger partial charge in [0.2, 0.25) is 0 Å². The zero-order valence-electron chi connectivity index (χ0n) is 19.1. The van der Waals surface area contributed by atoms with E-state index in [0.29, 0.717) is 11.8 Å². The largest absolute Gasteiger partial charge is 0.389 e. The summed E-state index contributed by atoms with van der Waals surface area (Å²) in [5.74, 6) is 0.703. The second-order valence-electron chi connectivity index (χ2n) is 8.33. The highest BCUT2D eigenvalue weighted by atomic mass is 15.3. The fourth-order valence-corrected chi connectivity index (χ4v) is 3.90. The van der Waals surface area contributed by atoms with Crippen molar-refractivity contribution in [3.63, 3.8) is 0 Å². The third kappa shape index (κ3) is 4.70. The standard InChI is InChI=1S/C24H30N8/c1-16-6-5-7-17(14-16)23-21-19(30-32(23)4)9-8-18-15-27-24(29-22(18)21)28-20(25)10-11-26-12-13-31(2)3/h5-7,10-11,14-15,26H,8-9,12-13H2,1-4H3,(H2,25,27,28,29)/b11-10-. The number of benzene rings is 1. The molecule has 0 aliphatic heterocycles. The van der Waals surface area contributed by atoms with Gasteiger partial charge in [0.25, 0.3) is 5.95 Å². The molecule has 2 aromatic heterocycles. The first kappa shape index (κ1) is 21.7. The lowest BCUT2D eigenvalue weighted by Crippen LogP contribution is -2.23. The number of nitrogens with zero attached hydrogens (tertiary/aromatic N) is 6. The number of hydrogen-bond acceptors (Lipinski definition) is 6. The fraction of sp³-hybridized carbons (Fsp3) is 0.333. The van der Waals surface area contributed by atoms with Crippen LogP contribution in [-0.2, 0) is 19.9 Å². The van der Waals surface area contributed by atoms with E-state index in [-0.39, 0.29) is 0 Å². The van der Waals surface area contributed by atoms with E-state index < -0.39 is 0 Å². The van der Waals surface area contributed by atoms with Crippen LogP contribution in [0.15, 0.2) is 47.7 Å². The van der Waals surface area contributed by atoms with Gasteiger partial charge in [-0.3, -0.25) is 4.68 Å². The maximum absolute atomic E-state index is 6.08. The summed E-state index contributed by atoms with van der Waals surface area (Å²) in [6.07, 6.45) is 7.13. The van der Waals surface area contributed by atoms with Crippen molar-refractivity contribution < 1.29 is 0 Å². The van der Waals surface area contributed by atoms with Crippen molar-refractivity contribution in [3.8, 4) is 22.5 Å². The van der Waals surface area contributed by atoms with Crippen molar-refractivity contribution in [2.24, 2.45) is 17.8 Å². The summed E-state index contributed by atoms with van der Waals surface area (Å²) in [4.78, 5) is 15.7. The monoisotopic (exact) mass is 430 g/mol. The lowest BCUT2D eigenvalue weighted by Gasteiger charge is -2.16. The molecule has 8 heteroatoms. The molecule has 166 valence electrons. The summed E-state index contributed by atoms with van der Waals surface area (Å²) >= 11 is 0. The fourth-order valence-electron chi connectivity index (χ4n) is 3.90. The Morgan fingerprint density at radius 2 is 2.16 bits per heavy atom. The van der Waals surface area contributed by atoms with E-state index in [0.717, 1.165) is 59.7 Å². The van der Waals surface area contributed by atoms with Crippen molar-refractivity contribution in [1.82, 2.24) is 30.0 Å². The molecule has 0 atom stereocenters. The minimum Gasteiger partial charge on any atom is -0.389 e. The Hall–Kier alpha value is -3.52. The highest BCUT2D eigenvalue weighted by molar-refractivity contribution is 5.93. The number of aromatic nitrogens is 4. The van der Waals surface area contributed by atoms with E-state index in [1.54, 1.807) is 12.3 Å². The lowest BCUT2D eigenvalue weighted by atomic mass is 9.91. The van der Waals surface area contributed by atoms with E-state index in [2.05, 4.69) is 51.4 Å². The van der Waals surface area contributed by atoms with Gasteiger partial charge in [0.15, 0.2) is 0 Å². The Labute approximate surface area is 188 Å². The van der Waals surface area contributed by atoms with E-state index in [9.17, 15) is 0 Å². The van der Waals surface area contributed by atoms with Gasteiger partial charge in [-0.15, -0.1) is 0 Å². The molecule has 0 saturated heterocycles. The summed E-state index contributed by atoms with van der Waals surface area (Å²) in [6.45, 7) is 3.87. The van der Waals surface area contributed by atoms with E-state index in [1.807, 2.05) is 32.0 Å². The Morgan fingerprint density at radius 1 is 1.31 bits per heavy atom. The van der Waals surface area contributed by atoms with Crippen LogP contribution in [-0.4, -0.2) is 57.7 Å². The second kappa shape index (κ2) is 9.32. The number of rotatable bonds is 7. The van der Waals surface area contributed by atoms with Crippen molar-refractivity contribution >= 4 is 11.8 Å². The highest BCUT2D eigenvalue weighted by Gasteiger charge is 2.27. The number of amidine groups is 1. The number of hydrogen-bond donors (Lipinski definition) is 2. The van der Waals surface area contributed by atoms with Crippen LogP contribution in [0.1, 0.15) is 16.8 Å². The molecule has 0 spiro atoms. The SMILES string of the molecule is Cc1cccc(-c2c3c(nn2C)CCc2cnc(/N=C(N)\C=C/NCCN(C)C)nc2-3)c1. The summed E-state index contributed by atoms with van der Waals surface area (Å²) in [5.41, 5.74) is 13.6. The summed E-state index contributed by atoms with van der Waals surface area (Å²) in [5, 5.41) is 7.98. The molecule has 0 saturated carbocycles. The average molecular weight is 431 g/mol. The molecule has 1 aliphatic carbocycles. The number of nitrogens with two attached hydrogens (primary N) is 1. The van der Waals surface area contributed by atoms with Gasteiger partial charge in [-0.25, -0.2) is 9.97 Å². The molecule has 8 nitrogen and oxygen atoms in total. The number of aliphatic imine (C=N–C) groups is 1. The number of fused-ring (bicyclic) bond motifs is 3. The van der Waals surface area contributed by atoms with Gasteiger partial charge in [0, 0.05) is 43.7 Å². The second-order valence-corrected chi connectivity index (χ2v) is 8.33. The van der Waals surface area contributed by atoms with Gasteiger partial charge in [0.1, 0.15) is 5.84 Å². The molecule has 2 heterocycles. The van der Waals surface area contributed by atoms with Crippen molar-refractivity contribution in [2.45, 2.75) is 19.8 Å². The number of likely N-dealkylation sites (N-methyl/N-ethyl adjacent to an activating group) is 1. The summed E-state index contributed by atoms with van der Waals surface area (Å²) in [7, 11) is 6.06. The zero-order valence-corrected chi connectivity index (χ0v) is 19.1. The van der Waals surface area contributed by atoms with Gasteiger partial charge in [-0.2, -0.15) is 10.1 Å². The zero-order chi connectivity index (χ0) is 22.7. The molecular formula is C24H30N8. The number of nitrogens with one attached hydrogen (secondary N) is 1. The molecule has 1 aromatic carbocycles. The van der Waals surface area contributed by atoms with Gasteiger partial charge in [-0.1, -0.05) is 23.8 Å².